The van der Waals surface area contributed by atoms with Gasteiger partial charge in [0.2, 0.25) is 0 Å². The van der Waals surface area contributed by atoms with Gasteiger partial charge in [-0.1, -0.05) is 31.2 Å². The molecule has 0 spiro atoms. The Morgan fingerprint density at radius 3 is 2.00 bits per heavy atom. The predicted octanol–water partition coefficient (Wildman–Crippen LogP) is 4.10. The zero-order valence-corrected chi connectivity index (χ0v) is 24.7. The molecule has 0 bridgehead atoms. The summed E-state index contributed by atoms with van der Waals surface area (Å²) in [5.74, 6) is 2.83. The van der Waals surface area contributed by atoms with Crippen molar-refractivity contribution in [3.8, 4) is 11.5 Å². The van der Waals surface area contributed by atoms with Gasteiger partial charge >= 0.3 is 0 Å². The van der Waals surface area contributed by atoms with Gasteiger partial charge in [0.15, 0.2) is 0 Å². The normalized spacial score (nSPS) is 12.9. The molecule has 0 fully saturated rings. The number of methoxy groups -OCH3 is 2. The summed E-state index contributed by atoms with van der Waals surface area (Å²) in [6, 6.07) is 15.4. The third kappa shape index (κ3) is 12.9. The van der Waals surface area contributed by atoms with Crippen molar-refractivity contribution in [3.05, 3.63) is 48.5 Å². The lowest BCUT2D eigenvalue weighted by molar-refractivity contribution is 0.416. The summed E-state index contributed by atoms with van der Waals surface area (Å²) in [7, 11) is 3.29. The van der Waals surface area contributed by atoms with E-state index < -0.39 is 0 Å². The van der Waals surface area contributed by atoms with Gasteiger partial charge in [0, 0.05) is 43.9 Å². The Morgan fingerprint density at radius 2 is 1.32 bits per heavy atom. The number of para-hydroxylation sites is 4. The van der Waals surface area contributed by atoms with Gasteiger partial charge in [-0.25, -0.2) is 4.99 Å². The maximum Gasteiger partial charge on any atom is 0.144 e. The first-order valence-electron chi connectivity index (χ1n) is 13.8. The molecule has 40 heavy (non-hydrogen) atoms. The minimum Gasteiger partial charge on any atom is -0.495 e. The molecule has 0 saturated carbocycles. The van der Waals surface area contributed by atoms with E-state index in [0.717, 1.165) is 61.4 Å². The van der Waals surface area contributed by atoms with E-state index in [1.54, 1.807) is 14.2 Å². The molecule has 0 unspecified atom stereocenters. The number of anilines is 1. The van der Waals surface area contributed by atoms with Gasteiger partial charge in [-0.2, -0.15) is 0 Å². The van der Waals surface area contributed by atoms with E-state index in [-0.39, 0.29) is 0 Å². The number of likely N-dealkylation sites (N-methyl/N-ethyl adjacent to an activating group) is 1. The lowest BCUT2D eigenvalue weighted by Crippen LogP contribution is -2.24. The van der Waals surface area contributed by atoms with Crippen LogP contribution in [0.25, 0.3) is 0 Å². The lowest BCUT2D eigenvalue weighted by Gasteiger charge is -2.14. The summed E-state index contributed by atoms with van der Waals surface area (Å²) in [4.78, 5) is 18.6. The molecule has 0 radical (unpaired) electrons. The number of benzene rings is 2. The second kappa shape index (κ2) is 19.3. The highest BCUT2D eigenvalue weighted by Crippen LogP contribution is 2.26. The standard InChI is InChI=1S/C30H46N8O2/c1-6-32-15-18-35-24(3)22-30(38-26-12-8-10-14-28(26)40-5)36-20-17-33-16-19-34-23(2)21-29(31)37-25-11-7-9-13-27(25)39-4/h7-14,32-33H,6,15-22H2,1-5H3,(H2,31,37)(H,36,38). The fourth-order valence-electron chi connectivity index (χ4n) is 3.80. The number of hydrogen-bond acceptors (Lipinski definition) is 8. The first-order chi connectivity index (χ1) is 19.5. The number of ether oxygens (including phenoxy) is 2. The summed E-state index contributed by atoms with van der Waals surface area (Å²) in [5.41, 5.74) is 9.70. The molecule has 2 aromatic carbocycles. The molecule has 0 aliphatic carbocycles. The van der Waals surface area contributed by atoms with Crippen LogP contribution in [-0.4, -0.2) is 83.1 Å². The van der Waals surface area contributed by atoms with E-state index in [2.05, 4.69) is 37.9 Å². The van der Waals surface area contributed by atoms with Crippen LogP contribution in [0.1, 0.15) is 33.6 Å². The van der Waals surface area contributed by atoms with E-state index in [0.29, 0.717) is 43.2 Å². The highest BCUT2D eigenvalue weighted by Gasteiger charge is 2.07. The Bertz CT molecular complexity index is 1140. The maximum absolute atomic E-state index is 6.13. The summed E-state index contributed by atoms with van der Waals surface area (Å²) in [5, 5.41) is 10.1. The Labute approximate surface area is 239 Å². The van der Waals surface area contributed by atoms with Crippen molar-refractivity contribution in [1.82, 2.24) is 10.6 Å². The molecule has 0 aromatic heterocycles. The first-order valence-corrected chi connectivity index (χ1v) is 13.8. The van der Waals surface area contributed by atoms with Crippen LogP contribution in [0.5, 0.6) is 11.5 Å². The number of nitrogens with zero attached hydrogens (tertiary/aromatic N) is 4. The molecule has 218 valence electrons. The Hall–Kier alpha value is -3.76. The van der Waals surface area contributed by atoms with E-state index in [1.165, 1.54) is 0 Å². The van der Waals surface area contributed by atoms with Crippen LogP contribution in [0.15, 0.2) is 68.5 Å². The molecule has 10 nitrogen and oxygen atoms in total. The molecule has 0 saturated heterocycles. The summed E-state index contributed by atoms with van der Waals surface area (Å²) in [6.07, 6.45) is 1.15. The zero-order valence-electron chi connectivity index (χ0n) is 24.7. The van der Waals surface area contributed by atoms with Gasteiger partial charge < -0.3 is 31.2 Å². The molecule has 2 aromatic rings. The minimum atomic E-state index is 0.503. The molecule has 0 heterocycles. The Balaban J connectivity index is 1.85. The van der Waals surface area contributed by atoms with Crippen LogP contribution in [0.2, 0.25) is 0 Å². The molecule has 0 aliphatic rings. The second-order valence-corrected chi connectivity index (χ2v) is 9.12. The predicted molar refractivity (Wildman–Crippen MR) is 170 cm³/mol. The molecular formula is C30H46N8O2. The fraction of sp³-hybridized carbons (Fsp3) is 0.467. The van der Waals surface area contributed by atoms with Crippen molar-refractivity contribution in [2.24, 2.45) is 25.7 Å². The van der Waals surface area contributed by atoms with Crippen molar-refractivity contribution >= 4 is 34.5 Å². The number of amidine groups is 2. The number of rotatable bonds is 18. The second-order valence-electron chi connectivity index (χ2n) is 9.12. The van der Waals surface area contributed by atoms with Gasteiger partial charge in [-0.15, -0.1) is 0 Å². The van der Waals surface area contributed by atoms with Crippen molar-refractivity contribution in [2.45, 2.75) is 33.6 Å². The fourth-order valence-corrected chi connectivity index (χ4v) is 3.80. The number of nitrogens with two attached hydrogens (primary N) is 1. The Morgan fingerprint density at radius 1 is 0.750 bits per heavy atom. The van der Waals surface area contributed by atoms with Crippen LogP contribution in [-0.2, 0) is 0 Å². The van der Waals surface area contributed by atoms with E-state index in [1.807, 2.05) is 62.4 Å². The lowest BCUT2D eigenvalue weighted by atomic mass is 10.2. The maximum atomic E-state index is 6.13. The zero-order chi connectivity index (χ0) is 29.0. The first kappa shape index (κ1) is 32.5. The third-order valence-electron chi connectivity index (χ3n) is 5.78. The quantitative estimate of drug-likeness (QED) is 0.126. The molecule has 2 rings (SSSR count). The summed E-state index contributed by atoms with van der Waals surface area (Å²) >= 11 is 0. The van der Waals surface area contributed by atoms with Crippen LogP contribution in [0, 0.1) is 0 Å². The van der Waals surface area contributed by atoms with E-state index in [9.17, 15) is 0 Å². The number of hydrogen-bond donors (Lipinski definition) is 4. The Kier molecular flexibility index (Phi) is 15.7. The molecule has 10 heteroatoms. The van der Waals surface area contributed by atoms with E-state index in [4.69, 9.17) is 20.2 Å². The topological polar surface area (TPSA) is 130 Å². The summed E-state index contributed by atoms with van der Waals surface area (Å²) in [6.45, 7) is 11.4. The van der Waals surface area contributed by atoms with Gasteiger partial charge in [-0.3, -0.25) is 15.0 Å². The number of nitrogens with one attached hydrogen (secondary N) is 3. The highest BCUT2D eigenvalue weighted by molar-refractivity contribution is 6.09. The van der Waals surface area contributed by atoms with Gasteiger partial charge in [-0.05, 0) is 44.7 Å². The van der Waals surface area contributed by atoms with Crippen molar-refractivity contribution < 1.29 is 9.47 Å². The highest BCUT2D eigenvalue weighted by atomic mass is 16.5. The van der Waals surface area contributed by atoms with Gasteiger partial charge in [0.25, 0.3) is 0 Å². The van der Waals surface area contributed by atoms with Crippen LogP contribution < -0.4 is 31.2 Å². The van der Waals surface area contributed by atoms with Crippen LogP contribution in [0.3, 0.4) is 0 Å². The third-order valence-corrected chi connectivity index (χ3v) is 5.78. The van der Waals surface area contributed by atoms with Crippen LogP contribution >= 0.6 is 0 Å². The monoisotopic (exact) mass is 550 g/mol. The van der Waals surface area contributed by atoms with Gasteiger partial charge in [0.1, 0.15) is 28.9 Å². The largest absolute Gasteiger partial charge is 0.495 e. The minimum absolute atomic E-state index is 0.503. The average Bonchev–Trinajstić information content (AvgIpc) is 2.95. The summed E-state index contributed by atoms with van der Waals surface area (Å²) < 4.78 is 10.8. The van der Waals surface area contributed by atoms with Crippen molar-refractivity contribution in [1.29, 1.82) is 0 Å². The molecule has 0 aliphatic heterocycles. The molecule has 0 atom stereocenters. The molecular weight excluding hydrogens is 504 g/mol. The van der Waals surface area contributed by atoms with Crippen molar-refractivity contribution in [3.63, 3.8) is 0 Å². The smallest absolute Gasteiger partial charge is 0.144 e. The van der Waals surface area contributed by atoms with E-state index >= 15 is 0 Å². The van der Waals surface area contributed by atoms with Crippen molar-refractivity contribution in [2.75, 3.05) is 65.3 Å². The number of aliphatic imine (C=N–C) groups is 4. The average molecular weight is 551 g/mol. The molecule has 5 N–H and O–H groups in total. The molecule has 0 amide bonds. The van der Waals surface area contributed by atoms with Gasteiger partial charge in [0.05, 0.1) is 39.5 Å². The van der Waals surface area contributed by atoms with Crippen LogP contribution in [0.4, 0.5) is 11.4 Å². The SMILES string of the molecule is CCNCCN=C(C)CC(=NCCNCCN=C(C)CC(N)=Nc1ccccc1OC)Nc1ccccc1OC.